The molecular formula is C5H12N3O2S. The Morgan fingerprint density at radius 1 is 1.64 bits per heavy atom. The van der Waals surface area contributed by atoms with Crippen molar-refractivity contribution in [2.75, 3.05) is 19.8 Å². The third kappa shape index (κ3) is 3.66. The van der Waals surface area contributed by atoms with Gasteiger partial charge in [0.05, 0.1) is 6.67 Å². The monoisotopic (exact) mass is 178 g/mol. The van der Waals surface area contributed by atoms with Crippen molar-refractivity contribution < 1.29 is 8.42 Å². The maximum atomic E-state index is 10.4. The summed E-state index contributed by atoms with van der Waals surface area (Å²) >= 11 is 0. The molecule has 65 valence electrons. The van der Waals surface area contributed by atoms with Gasteiger partial charge in [0.1, 0.15) is 0 Å². The molecule has 1 rings (SSSR count). The Balaban J connectivity index is 2.22. The van der Waals surface area contributed by atoms with Crippen molar-refractivity contribution in [1.29, 1.82) is 0 Å². The fourth-order valence-electron chi connectivity index (χ4n) is 0.964. The molecule has 11 heavy (non-hydrogen) atoms. The Hall–Kier alpha value is -0.170. The lowest BCUT2D eigenvalue weighted by Crippen LogP contribution is -2.39. The summed E-state index contributed by atoms with van der Waals surface area (Å²) in [5.41, 5.74) is 0. The second-order valence-electron chi connectivity index (χ2n) is 2.50. The zero-order valence-corrected chi connectivity index (χ0v) is 6.97. The highest BCUT2D eigenvalue weighted by molar-refractivity contribution is 7.87. The topological polar surface area (TPSA) is 75.4 Å². The predicted molar refractivity (Wildman–Crippen MR) is 41.6 cm³/mol. The summed E-state index contributed by atoms with van der Waals surface area (Å²) < 4.78 is 23.1. The average Bonchev–Trinajstić information content (AvgIpc) is 2.32. The second kappa shape index (κ2) is 3.48. The molecule has 0 unspecified atom stereocenters. The molecule has 1 heterocycles. The molecule has 0 saturated carbocycles. The highest BCUT2D eigenvalue weighted by atomic mass is 32.2. The van der Waals surface area contributed by atoms with Crippen LogP contribution in [0.15, 0.2) is 0 Å². The first-order valence-electron chi connectivity index (χ1n) is 3.39. The first-order valence-corrected chi connectivity index (χ1v) is 4.94. The lowest BCUT2D eigenvalue weighted by atomic mass is 10.4. The molecule has 0 aromatic heterocycles. The van der Waals surface area contributed by atoms with Gasteiger partial charge in [-0.15, -0.1) is 0 Å². The van der Waals surface area contributed by atoms with Crippen LogP contribution in [0, 0.1) is 6.42 Å². The fraction of sp³-hybridized carbons (Fsp3) is 0.800. The Labute approximate surface area is 66.7 Å². The number of nitrogens with two attached hydrogens (primary N) is 1. The Morgan fingerprint density at radius 3 is 2.82 bits per heavy atom. The fourth-order valence-corrected chi connectivity index (χ4v) is 1.33. The van der Waals surface area contributed by atoms with Crippen LogP contribution >= 0.6 is 0 Å². The van der Waals surface area contributed by atoms with Gasteiger partial charge in [-0.1, -0.05) is 0 Å². The van der Waals surface area contributed by atoms with Crippen LogP contribution in [0.1, 0.15) is 6.42 Å². The smallest absolute Gasteiger partial charge is 0.275 e. The van der Waals surface area contributed by atoms with E-state index in [2.05, 4.69) is 11.1 Å². The first kappa shape index (κ1) is 8.92. The van der Waals surface area contributed by atoms with Gasteiger partial charge in [-0.3, -0.25) is 4.90 Å². The Bertz CT molecular complexity index is 208. The first-order chi connectivity index (χ1) is 5.08. The van der Waals surface area contributed by atoms with Crippen molar-refractivity contribution in [3.8, 4) is 0 Å². The molecular weight excluding hydrogens is 166 g/mol. The Morgan fingerprint density at radius 2 is 2.36 bits per heavy atom. The van der Waals surface area contributed by atoms with Crippen LogP contribution in [0.2, 0.25) is 0 Å². The standard InChI is InChI=1S/C5H12N3O2S/c6-11(9,10)7-5-8-3-1-2-4-8/h1,7H,2-5H2,(H2,6,9,10). The number of nitrogens with zero attached hydrogens (tertiary/aromatic N) is 1. The van der Waals surface area contributed by atoms with Crippen molar-refractivity contribution in [2.24, 2.45) is 5.14 Å². The molecule has 0 spiro atoms. The highest BCUT2D eigenvalue weighted by Crippen LogP contribution is 2.03. The number of nitrogens with one attached hydrogen (secondary N) is 1. The van der Waals surface area contributed by atoms with E-state index in [1.807, 2.05) is 4.90 Å². The summed E-state index contributed by atoms with van der Waals surface area (Å²) in [6, 6.07) is 0. The van der Waals surface area contributed by atoms with Gasteiger partial charge in [0.15, 0.2) is 0 Å². The van der Waals surface area contributed by atoms with Crippen molar-refractivity contribution in [2.45, 2.75) is 6.42 Å². The van der Waals surface area contributed by atoms with Gasteiger partial charge >= 0.3 is 0 Å². The third-order valence-electron chi connectivity index (χ3n) is 1.53. The molecule has 1 saturated heterocycles. The third-order valence-corrected chi connectivity index (χ3v) is 2.06. The molecule has 6 heteroatoms. The summed E-state index contributed by atoms with van der Waals surface area (Å²) in [7, 11) is -3.52. The normalized spacial score (nSPS) is 20.8. The summed E-state index contributed by atoms with van der Waals surface area (Å²) in [5, 5.41) is 4.74. The number of likely N-dealkylation sites (tertiary alicyclic amines) is 1. The van der Waals surface area contributed by atoms with Gasteiger partial charge in [0.25, 0.3) is 10.2 Å². The van der Waals surface area contributed by atoms with Crippen LogP contribution in [-0.2, 0) is 10.2 Å². The Kier molecular flexibility index (Phi) is 2.83. The van der Waals surface area contributed by atoms with Gasteiger partial charge in [-0.25, -0.2) is 5.14 Å². The summed E-state index contributed by atoms with van der Waals surface area (Å²) in [4.78, 5) is 1.96. The zero-order valence-electron chi connectivity index (χ0n) is 6.16. The highest BCUT2D eigenvalue weighted by Gasteiger charge is 2.12. The number of hydrogen-bond donors (Lipinski definition) is 2. The van der Waals surface area contributed by atoms with Gasteiger partial charge in [-0.2, -0.15) is 13.1 Å². The van der Waals surface area contributed by atoms with E-state index in [0.717, 1.165) is 19.5 Å². The van der Waals surface area contributed by atoms with E-state index in [1.54, 1.807) is 0 Å². The molecule has 0 bridgehead atoms. The van der Waals surface area contributed by atoms with Gasteiger partial charge < -0.3 is 0 Å². The van der Waals surface area contributed by atoms with Crippen LogP contribution in [0.5, 0.6) is 0 Å². The second-order valence-corrected chi connectivity index (χ2v) is 3.88. The average molecular weight is 178 g/mol. The molecule has 0 aromatic rings. The minimum Gasteiger partial charge on any atom is -0.289 e. The van der Waals surface area contributed by atoms with Crippen LogP contribution in [-0.4, -0.2) is 33.1 Å². The van der Waals surface area contributed by atoms with Crippen molar-refractivity contribution in [3.63, 3.8) is 0 Å². The minimum absolute atomic E-state index is 0.315. The molecule has 1 aliphatic heterocycles. The zero-order chi connectivity index (χ0) is 8.32. The molecule has 5 nitrogen and oxygen atoms in total. The molecule has 0 amide bonds. The minimum atomic E-state index is -3.52. The SMILES string of the molecule is NS(=O)(=O)NCN1C[CH]CC1. The maximum absolute atomic E-state index is 10.4. The van der Waals surface area contributed by atoms with E-state index in [0.29, 0.717) is 6.67 Å². The van der Waals surface area contributed by atoms with Crippen molar-refractivity contribution in [3.05, 3.63) is 6.42 Å². The summed E-state index contributed by atoms with van der Waals surface area (Å²) in [5.74, 6) is 0. The van der Waals surface area contributed by atoms with Gasteiger partial charge in [-0.05, 0) is 19.4 Å². The predicted octanol–water partition coefficient (Wildman–Crippen LogP) is -1.35. The molecule has 1 fully saturated rings. The van der Waals surface area contributed by atoms with E-state index < -0.39 is 10.2 Å². The van der Waals surface area contributed by atoms with E-state index >= 15 is 0 Å². The number of rotatable bonds is 3. The maximum Gasteiger partial charge on any atom is 0.275 e. The van der Waals surface area contributed by atoms with E-state index in [9.17, 15) is 8.42 Å². The summed E-state index contributed by atoms with van der Waals surface area (Å²) in [6.45, 7) is 2.06. The molecule has 1 aliphatic rings. The molecule has 0 aliphatic carbocycles. The van der Waals surface area contributed by atoms with Gasteiger partial charge in [0, 0.05) is 6.54 Å². The van der Waals surface area contributed by atoms with Gasteiger partial charge in [0.2, 0.25) is 0 Å². The number of hydrogen-bond acceptors (Lipinski definition) is 3. The van der Waals surface area contributed by atoms with Crippen LogP contribution in [0.4, 0.5) is 0 Å². The molecule has 0 aromatic carbocycles. The van der Waals surface area contributed by atoms with Crippen LogP contribution < -0.4 is 9.86 Å². The quantitative estimate of drug-likeness (QED) is 0.561. The summed E-state index contributed by atoms with van der Waals surface area (Å²) in [6.07, 6.45) is 3.12. The lowest BCUT2D eigenvalue weighted by Gasteiger charge is -2.13. The van der Waals surface area contributed by atoms with E-state index in [4.69, 9.17) is 5.14 Å². The molecule has 0 atom stereocenters. The van der Waals surface area contributed by atoms with Crippen LogP contribution in [0.3, 0.4) is 0 Å². The van der Waals surface area contributed by atoms with E-state index in [1.165, 1.54) is 0 Å². The lowest BCUT2D eigenvalue weighted by molar-refractivity contribution is 0.339. The van der Waals surface area contributed by atoms with E-state index in [-0.39, 0.29) is 0 Å². The van der Waals surface area contributed by atoms with Crippen molar-refractivity contribution in [1.82, 2.24) is 9.62 Å². The van der Waals surface area contributed by atoms with Crippen LogP contribution in [0.25, 0.3) is 0 Å². The van der Waals surface area contributed by atoms with Crippen molar-refractivity contribution >= 4 is 10.2 Å². The largest absolute Gasteiger partial charge is 0.289 e. The molecule has 3 N–H and O–H groups in total. The molecule has 1 radical (unpaired) electrons.